The van der Waals surface area contributed by atoms with E-state index in [1.807, 2.05) is 43.3 Å². The summed E-state index contributed by atoms with van der Waals surface area (Å²) < 4.78 is 5.27. The van der Waals surface area contributed by atoms with Gasteiger partial charge in [0.15, 0.2) is 12.2 Å². The summed E-state index contributed by atoms with van der Waals surface area (Å²) in [4.78, 5) is 3.92. The van der Waals surface area contributed by atoms with E-state index >= 15 is 0 Å². The molecule has 3 nitrogen and oxygen atoms in total. The molecule has 1 aromatic heterocycles. The second kappa shape index (κ2) is 6.02. The van der Waals surface area contributed by atoms with Crippen LogP contribution in [0, 0.1) is 6.92 Å². The minimum atomic E-state index is 0.738. The van der Waals surface area contributed by atoms with Crippen LogP contribution < -0.4 is 5.32 Å². The molecule has 4 heteroatoms. The van der Waals surface area contributed by atoms with Crippen molar-refractivity contribution in [1.29, 1.82) is 0 Å². The lowest BCUT2D eigenvalue weighted by atomic mass is 10.1. The van der Waals surface area contributed by atoms with E-state index in [1.165, 1.54) is 6.39 Å². The molecule has 0 atom stereocenters. The van der Waals surface area contributed by atoms with Gasteiger partial charge in [0.05, 0.1) is 6.20 Å². The van der Waals surface area contributed by atoms with Crippen molar-refractivity contribution in [2.24, 2.45) is 0 Å². The Morgan fingerprint density at radius 1 is 1.14 bits per heavy atom. The Morgan fingerprint density at radius 2 is 1.95 bits per heavy atom. The molecule has 0 aliphatic heterocycles. The summed E-state index contributed by atoms with van der Waals surface area (Å²) in [6.45, 7) is 2.74. The molecule has 3 rings (SSSR count). The average molecular weight is 299 g/mol. The number of aryl methyl sites for hydroxylation is 1. The van der Waals surface area contributed by atoms with Crippen molar-refractivity contribution in [3.8, 4) is 11.3 Å². The maximum Gasteiger partial charge on any atom is 0.181 e. The number of oxazole rings is 1. The van der Waals surface area contributed by atoms with Crippen molar-refractivity contribution < 1.29 is 4.42 Å². The second-order valence-electron chi connectivity index (χ2n) is 4.88. The summed E-state index contributed by atoms with van der Waals surface area (Å²) in [5, 5.41) is 4.18. The Labute approximate surface area is 128 Å². The van der Waals surface area contributed by atoms with Crippen LogP contribution in [-0.4, -0.2) is 4.98 Å². The van der Waals surface area contributed by atoms with E-state index in [9.17, 15) is 0 Å². The molecule has 0 unspecified atom stereocenters. The van der Waals surface area contributed by atoms with Crippen LogP contribution in [0.5, 0.6) is 0 Å². The van der Waals surface area contributed by atoms with E-state index < -0.39 is 0 Å². The zero-order chi connectivity index (χ0) is 14.7. The number of halogens is 1. The van der Waals surface area contributed by atoms with Gasteiger partial charge in [0, 0.05) is 22.8 Å². The average Bonchev–Trinajstić information content (AvgIpc) is 3.03. The van der Waals surface area contributed by atoms with Crippen LogP contribution in [-0.2, 0) is 6.54 Å². The highest BCUT2D eigenvalue weighted by atomic mass is 35.5. The lowest BCUT2D eigenvalue weighted by Crippen LogP contribution is -1.99. The minimum Gasteiger partial charge on any atom is -0.444 e. The molecule has 0 fully saturated rings. The van der Waals surface area contributed by atoms with E-state index in [1.54, 1.807) is 6.20 Å². The normalized spacial score (nSPS) is 10.6. The largest absolute Gasteiger partial charge is 0.444 e. The number of aromatic nitrogens is 1. The van der Waals surface area contributed by atoms with Gasteiger partial charge in [0.2, 0.25) is 0 Å². The number of nitrogens with one attached hydrogen (secondary N) is 1. The highest BCUT2D eigenvalue weighted by Crippen LogP contribution is 2.22. The van der Waals surface area contributed by atoms with Crippen LogP contribution >= 0.6 is 11.6 Å². The molecule has 2 aromatic carbocycles. The molecule has 3 aromatic rings. The first kappa shape index (κ1) is 13.7. The fourth-order valence-corrected chi connectivity index (χ4v) is 2.26. The fourth-order valence-electron chi connectivity index (χ4n) is 2.06. The van der Waals surface area contributed by atoms with E-state index in [4.69, 9.17) is 16.0 Å². The third-order valence-corrected chi connectivity index (χ3v) is 3.74. The molecule has 21 heavy (non-hydrogen) atoms. The first-order chi connectivity index (χ1) is 10.2. The predicted molar refractivity (Wildman–Crippen MR) is 85.5 cm³/mol. The molecule has 0 aliphatic rings. The molecule has 0 bridgehead atoms. The number of anilines is 1. The number of hydrogen-bond acceptors (Lipinski definition) is 3. The lowest BCUT2D eigenvalue weighted by molar-refractivity contribution is 0.572. The molecular formula is C17H15ClN2O. The number of rotatable bonds is 4. The summed E-state index contributed by atoms with van der Waals surface area (Å²) in [6, 6.07) is 14.2. The van der Waals surface area contributed by atoms with Gasteiger partial charge < -0.3 is 9.73 Å². The molecule has 106 valence electrons. The Bertz CT molecular complexity index is 721. The van der Waals surface area contributed by atoms with Crippen LogP contribution in [0.2, 0.25) is 5.02 Å². The maximum atomic E-state index is 6.13. The first-order valence-corrected chi connectivity index (χ1v) is 7.08. The van der Waals surface area contributed by atoms with Crippen molar-refractivity contribution in [1.82, 2.24) is 4.98 Å². The highest BCUT2D eigenvalue weighted by Gasteiger charge is 2.02. The Morgan fingerprint density at radius 3 is 2.62 bits per heavy atom. The molecule has 0 aliphatic carbocycles. The number of benzene rings is 2. The van der Waals surface area contributed by atoms with Crippen LogP contribution in [0.1, 0.15) is 11.1 Å². The number of hydrogen-bond donors (Lipinski definition) is 1. The van der Waals surface area contributed by atoms with Gasteiger partial charge in [-0.3, -0.25) is 0 Å². The fraction of sp³-hybridized carbons (Fsp3) is 0.118. The summed E-state index contributed by atoms with van der Waals surface area (Å²) in [5.74, 6) is 0.770. The van der Waals surface area contributed by atoms with Gasteiger partial charge in [-0.2, -0.15) is 0 Å². The van der Waals surface area contributed by atoms with Crippen LogP contribution in [0.4, 0.5) is 5.69 Å². The summed E-state index contributed by atoms with van der Waals surface area (Å²) >= 11 is 6.13. The Hall–Kier alpha value is -2.26. The molecular weight excluding hydrogens is 284 g/mol. The zero-order valence-electron chi connectivity index (χ0n) is 11.6. The third-order valence-electron chi connectivity index (χ3n) is 3.33. The topological polar surface area (TPSA) is 38.1 Å². The SMILES string of the molecule is Cc1ccc(CNc2ccc(-c3cnco3)cc2)cc1Cl. The molecule has 1 N–H and O–H groups in total. The van der Waals surface area contributed by atoms with Crippen molar-refractivity contribution in [2.45, 2.75) is 13.5 Å². The summed E-state index contributed by atoms with van der Waals surface area (Å²) in [5.41, 5.74) is 4.31. The van der Waals surface area contributed by atoms with E-state index in [0.29, 0.717) is 0 Å². The Balaban J connectivity index is 1.66. The highest BCUT2D eigenvalue weighted by molar-refractivity contribution is 6.31. The Kier molecular flexibility index (Phi) is 3.93. The molecule has 0 saturated carbocycles. The van der Waals surface area contributed by atoms with Crippen molar-refractivity contribution in [2.75, 3.05) is 5.32 Å². The van der Waals surface area contributed by atoms with E-state index in [-0.39, 0.29) is 0 Å². The summed E-state index contributed by atoms with van der Waals surface area (Å²) in [6.07, 6.45) is 3.14. The molecule has 0 saturated heterocycles. The van der Waals surface area contributed by atoms with Gasteiger partial charge in [0.25, 0.3) is 0 Å². The van der Waals surface area contributed by atoms with Gasteiger partial charge in [-0.25, -0.2) is 4.98 Å². The van der Waals surface area contributed by atoms with Gasteiger partial charge in [-0.15, -0.1) is 0 Å². The summed E-state index contributed by atoms with van der Waals surface area (Å²) in [7, 11) is 0. The van der Waals surface area contributed by atoms with Crippen molar-refractivity contribution >= 4 is 17.3 Å². The predicted octanol–water partition coefficient (Wildman–Crippen LogP) is 4.92. The quantitative estimate of drug-likeness (QED) is 0.743. The standard InChI is InChI=1S/C17H15ClN2O/c1-12-2-3-13(8-16(12)18)9-20-15-6-4-14(5-7-15)17-10-19-11-21-17/h2-8,10-11,20H,9H2,1H3. The van der Waals surface area contributed by atoms with E-state index in [2.05, 4.69) is 16.4 Å². The smallest absolute Gasteiger partial charge is 0.181 e. The maximum absolute atomic E-state index is 6.13. The van der Waals surface area contributed by atoms with Gasteiger partial charge in [-0.05, 0) is 48.4 Å². The molecule has 0 amide bonds. The number of nitrogens with zero attached hydrogens (tertiary/aromatic N) is 1. The van der Waals surface area contributed by atoms with Crippen LogP contribution in [0.3, 0.4) is 0 Å². The first-order valence-electron chi connectivity index (χ1n) is 6.70. The zero-order valence-corrected chi connectivity index (χ0v) is 12.4. The van der Waals surface area contributed by atoms with Crippen molar-refractivity contribution in [3.05, 3.63) is 71.2 Å². The molecule has 1 heterocycles. The second-order valence-corrected chi connectivity index (χ2v) is 5.29. The van der Waals surface area contributed by atoms with Gasteiger partial charge in [-0.1, -0.05) is 23.7 Å². The third kappa shape index (κ3) is 3.26. The molecule has 0 radical (unpaired) electrons. The minimum absolute atomic E-state index is 0.738. The van der Waals surface area contributed by atoms with Crippen LogP contribution in [0.15, 0.2) is 59.5 Å². The van der Waals surface area contributed by atoms with Crippen molar-refractivity contribution in [3.63, 3.8) is 0 Å². The van der Waals surface area contributed by atoms with Gasteiger partial charge in [0.1, 0.15) is 0 Å². The molecule has 0 spiro atoms. The monoisotopic (exact) mass is 298 g/mol. The van der Waals surface area contributed by atoms with Crippen LogP contribution in [0.25, 0.3) is 11.3 Å². The lowest BCUT2D eigenvalue weighted by Gasteiger charge is -2.08. The van der Waals surface area contributed by atoms with Gasteiger partial charge >= 0.3 is 0 Å². The van der Waals surface area contributed by atoms with E-state index in [0.717, 1.165) is 39.7 Å².